The van der Waals surface area contributed by atoms with Crippen LogP contribution in [-0.2, 0) is 23.1 Å². The van der Waals surface area contributed by atoms with Gasteiger partial charge in [0.2, 0.25) is 5.91 Å². The molecule has 2 saturated heterocycles. The number of ether oxygens (including phenoxy) is 1. The van der Waals surface area contributed by atoms with Crippen LogP contribution in [0.15, 0.2) is 21.9 Å². The number of rotatable bonds is 3. The molecule has 0 aliphatic carbocycles. The van der Waals surface area contributed by atoms with Crippen LogP contribution in [0.25, 0.3) is 0 Å². The number of carbonyl (C=O) groups excluding carboxylic acids is 1. The van der Waals surface area contributed by atoms with E-state index in [1.807, 2.05) is 4.90 Å². The van der Waals surface area contributed by atoms with Gasteiger partial charge in [0.25, 0.3) is 5.56 Å². The van der Waals surface area contributed by atoms with Crippen LogP contribution in [-0.4, -0.2) is 70.3 Å². The summed E-state index contributed by atoms with van der Waals surface area (Å²) in [6.07, 6.45) is 1.39. The lowest BCUT2D eigenvalue weighted by Crippen LogP contribution is -2.47. The number of nitrogens with zero attached hydrogens (tertiary/aromatic N) is 4. The van der Waals surface area contributed by atoms with Gasteiger partial charge in [0.15, 0.2) is 0 Å². The molecule has 8 heteroatoms. The van der Waals surface area contributed by atoms with E-state index >= 15 is 0 Å². The van der Waals surface area contributed by atoms with Crippen molar-refractivity contribution in [3.05, 3.63) is 33.1 Å². The van der Waals surface area contributed by atoms with E-state index in [2.05, 4.69) is 11.8 Å². The van der Waals surface area contributed by atoms with E-state index in [4.69, 9.17) is 4.74 Å². The zero-order valence-corrected chi connectivity index (χ0v) is 14.2. The van der Waals surface area contributed by atoms with Gasteiger partial charge in [-0.25, -0.2) is 4.79 Å². The molecular formula is C16H24N4O4. The second kappa shape index (κ2) is 6.90. The Morgan fingerprint density at radius 3 is 2.67 bits per heavy atom. The standard InChI is InChI=1S/C16H24N4O4/c1-12-9-20(10-13(12)18-5-7-24-8-6-18)15(22)11-19-4-3-14(21)17(2)16(19)23/h3-4,12-13H,5-11H2,1-2H3/t12-,13-/m0/s1. The van der Waals surface area contributed by atoms with Crippen LogP contribution in [0.2, 0.25) is 0 Å². The summed E-state index contributed by atoms with van der Waals surface area (Å²) in [5.41, 5.74) is -0.835. The lowest BCUT2D eigenvalue weighted by molar-refractivity contribution is -0.131. The fourth-order valence-corrected chi connectivity index (χ4v) is 3.52. The molecule has 132 valence electrons. The minimum absolute atomic E-state index is 0.0322. The third kappa shape index (κ3) is 3.29. The van der Waals surface area contributed by atoms with Gasteiger partial charge in [-0.1, -0.05) is 6.92 Å². The second-order valence-corrected chi connectivity index (χ2v) is 6.62. The SMILES string of the molecule is C[C@H]1CN(C(=O)Cn2ccc(=O)n(C)c2=O)C[C@@H]1N1CCOCC1. The van der Waals surface area contributed by atoms with Crippen molar-refractivity contribution >= 4 is 5.91 Å². The average molecular weight is 336 g/mol. The molecule has 2 aliphatic rings. The summed E-state index contributed by atoms with van der Waals surface area (Å²) in [7, 11) is 1.41. The van der Waals surface area contributed by atoms with Crippen molar-refractivity contribution in [3.63, 3.8) is 0 Å². The zero-order valence-electron chi connectivity index (χ0n) is 14.2. The van der Waals surface area contributed by atoms with Gasteiger partial charge in [-0.3, -0.25) is 23.6 Å². The molecule has 0 unspecified atom stereocenters. The van der Waals surface area contributed by atoms with Crippen molar-refractivity contribution < 1.29 is 9.53 Å². The Labute approximate surface area is 140 Å². The highest BCUT2D eigenvalue weighted by Gasteiger charge is 2.36. The normalized spacial score (nSPS) is 25.2. The van der Waals surface area contributed by atoms with Crippen molar-refractivity contribution in [3.8, 4) is 0 Å². The first kappa shape index (κ1) is 16.9. The number of morpholine rings is 1. The predicted molar refractivity (Wildman–Crippen MR) is 87.9 cm³/mol. The fourth-order valence-electron chi connectivity index (χ4n) is 3.52. The molecule has 0 N–H and O–H groups in total. The molecule has 0 aromatic carbocycles. The highest BCUT2D eigenvalue weighted by Crippen LogP contribution is 2.22. The first-order chi connectivity index (χ1) is 11.5. The summed E-state index contributed by atoms with van der Waals surface area (Å²) in [4.78, 5) is 40.3. The number of aromatic nitrogens is 2. The molecule has 2 atom stereocenters. The van der Waals surface area contributed by atoms with Gasteiger partial charge in [-0.15, -0.1) is 0 Å². The number of hydrogen-bond donors (Lipinski definition) is 0. The van der Waals surface area contributed by atoms with E-state index in [0.717, 1.165) is 30.9 Å². The predicted octanol–water partition coefficient (Wildman–Crippen LogP) is -1.27. The molecule has 2 fully saturated rings. The van der Waals surface area contributed by atoms with Gasteiger partial charge < -0.3 is 9.64 Å². The largest absolute Gasteiger partial charge is 0.379 e. The Bertz CT molecular complexity index is 720. The van der Waals surface area contributed by atoms with Crippen molar-refractivity contribution in [2.45, 2.75) is 19.5 Å². The van der Waals surface area contributed by atoms with Gasteiger partial charge in [0.1, 0.15) is 6.54 Å². The van der Waals surface area contributed by atoms with E-state index in [-0.39, 0.29) is 18.0 Å². The average Bonchev–Trinajstić information content (AvgIpc) is 2.98. The van der Waals surface area contributed by atoms with E-state index in [1.54, 1.807) is 0 Å². The minimum atomic E-state index is -0.465. The Morgan fingerprint density at radius 2 is 1.96 bits per heavy atom. The van der Waals surface area contributed by atoms with Crippen molar-refractivity contribution in [2.24, 2.45) is 13.0 Å². The van der Waals surface area contributed by atoms with Crippen LogP contribution in [0.3, 0.4) is 0 Å². The molecular weight excluding hydrogens is 312 g/mol. The molecule has 1 aromatic rings. The summed E-state index contributed by atoms with van der Waals surface area (Å²) in [6, 6.07) is 1.65. The fraction of sp³-hybridized carbons (Fsp3) is 0.688. The Hall–Kier alpha value is -1.93. The van der Waals surface area contributed by atoms with Gasteiger partial charge in [0.05, 0.1) is 13.2 Å². The topological polar surface area (TPSA) is 76.8 Å². The van der Waals surface area contributed by atoms with Gasteiger partial charge in [-0.05, 0) is 5.92 Å². The maximum atomic E-state index is 12.6. The molecule has 0 bridgehead atoms. The molecule has 1 aromatic heterocycles. The summed E-state index contributed by atoms with van der Waals surface area (Å²) in [5, 5.41) is 0. The van der Waals surface area contributed by atoms with Crippen molar-refractivity contribution in [1.82, 2.24) is 18.9 Å². The highest BCUT2D eigenvalue weighted by molar-refractivity contribution is 5.76. The quantitative estimate of drug-likeness (QED) is 0.688. The monoisotopic (exact) mass is 336 g/mol. The molecule has 1 amide bonds. The molecule has 0 radical (unpaired) electrons. The van der Waals surface area contributed by atoms with E-state index in [9.17, 15) is 14.4 Å². The number of hydrogen-bond acceptors (Lipinski definition) is 5. The molecule has 0 saturated carbocycles. The van der Waals surface area contributed by atoms with Crippen LogP contribution < -0.4 is 11.2 Å². The van der Waals surface area contributed by atoms with E-state index in [0.29, 0.717) is 25.0 Å². The summed E-state index contributed by atoms with van der Waals surface area (Å²) >= 11 is 0. The molecule has 3 rings (SSSR count). The van der Waals surface area contributed by atoms with Crippen molar-refractivity contribution in [1.29, 1.82) is 0 Å². The summed E-state index contributed by atoms with van der Waals surface area (Å²) in [6.45, 7) is 6.78. The van der Waals surface area contributed by atoms with Crippen LogP contribution in [0, 0.1) is 5.92 Å². The van der Waals surface area contributed by atoms with Crippen LogP contribution in [0.4, 0.5) is 0 Å². The maximum Gasteiger partial charge on any atom is 0.331 e. The lowest BCUT2D eigenvalue weighted by Gasteiger charge is -2.34. The number of likely N-dealkylation sites (tertiary alicyclic amines) is 1. The lowest BCUT2D eigenvalue weighted by atomic mass is 10.0. The summed E-state index contributed by atoms with van der Waals surface area (Å²) in [5.74, 6) is 0.308. The van der Waals surface area contributed by atoms with Crippen LogP contribution in [0.1, 0.15) is 6.92 Å². The molecule has 2 aliphatic heterocycles. The molecule has 0 spiro atoms. The number of amides is 1. The Morgan fingerprint density at radius 1 is 1.25 bits per heavy atom. The van der Waals surface area contributed by atoms with E-state index in [1.165, 1.54) is 23.9 Å². The zero-order chi connectivity index (χ0) is 17.3. The van der Waals surface area contributed by atoms with Gasteiger partial charge in [0, 0.05) is 51.5 Å². The molecule has 3 heterocycles. The first-order valence-electron chi connectivity index (χ1n) is 8.33. The van der Waals surface area contributed by atoms with E-state index < -0.39 is 5.69 Å². The number of carbonyl (C=O) groups is 1. The van der Waals surface area contributed by atoms with Gasteiger partial charge in [-0.2, -0.15) is 0 Å². The first-order valence-corrected chi connectivity index (χ1v) is 8.33. The van der Waals surface area contributed by atoms with Gasteiger partial charge >= 0.3 is 5.69 Å². The Balaban J connectivity index is 1.67. The molecule has 24 heavy (non-hydrogen) atoms. The van der Waals surface area contributed by atoms with Crippen molar-refractivity contribution in [2.75, 3.05) is 39.4 Å². The summed E-state index contributed by atoms with van der Waals surface area (Å²) < 4.78 is 7.69. The second-order valence-electron chi connectivity index (χ2n) is 6.62. The van der Waals surface area contributed by atoms with Crippen LogP contribution in [0.5, 0.6) is 0 Å². The van der Waals surface area contributed by atoms with Crippen LogP contribution >= 0.6 is 0 Å². The third-order valence-electron chi connectivity index (χ3n) is 5.01. The highest BCUT2D eigenvalue weighted by atomic mass is 16.5. The molecule has 8 nitrogen and oxygen atoms in total. The Kier molecular flexibility index (Phi) is 4.86. The third-order valence-corrected chi connectivity index (χ3v) is 5.01. The maximum absolute atomic E-state index is 12.6. The minimum Gasteiger partial charge on any atom is -0.379 e. The smallest absolute Gasteiger partial charge is 0.331 e.